The minimum Gasteiger partial charge on any atom is -0.333 e. The fraction of sp³-hybridized carbons (Fsp3) is 0.0556. The van der Waals surface area contributed by atoms with Crippen molar-refractivity contribution < 1.29 is 4.79 Å². The van der Waals surface area contributed by atoms with Gasteiger partial charge in [-0.25, -0.2) is 19.6 Å². The molecule has 0 spiro atoms. The molecule has 0 saturated carbocycles. The summed E-state index contributed by atoms with van der Waals surface area (Å²) in [6, 6.07) is 9.20. The zero-order chi connectivity index (χ0) is 17.8. The van der Waals surface area contributed by atoms with Crippen LogP contribution >= 0.6 is 0 Å². The van der Waals surface area contributed by atoms with E-state index in [4.69, 9.17) is 0 Å². The van der Waals surface area contributed by atoms with Crippen molar-refractivity contribution in [1.29, 1.82) is 0 Å². The third-order valence-electron chi connectivity index (χ3n) is 3.71. The number of nitrogens with one attached hydrogen (secondary N) is 1. The van der Waals surface area contributed by atoms with Crippen LogP contribution in [0.2, 0.25) is 0 Å². The number of anilines is 1. The number of rotatable bonds is 5. The van der Waals surface area contributed by atoms with E-state index in [0.29, 0.717) is 23.7 Å². The van der Waals surface area contributed by atoms with Crippen molar-refractivity contribution in [2.45, 2.75) is 6.54 Å². The van der Waals surface area contributed by atoms with Gasteiger partial charge in [-0.2, -0.15) is 5.10 Å². The molecule has 4 aromatic rings. The van der Waals surface area contributed by atoms with Crippen LogP contribution in [0.3, 0.4) is 0 Å². The van der Waals surface area contributed by atoms with Gasteiger partial charge in [-0.1, -0.05) is 12.1 Å². The van der Waals surface area contributed by atoms with E-state index in [1.807, 2.05) is 29.0 Å². The number of amides is 1. The van der Waals surface area contributed by atoms with Gasteiger partial charge in [0.05, 0.1) is 24.4 Å². The van der Waals surface area contributed by atoms with Crippen LogP contribution < -0.4 is 5.32 Å². The summed E-state index contributed by atoms with van der Waals surface area (Å²) in [6.07, 6.45) is 11.8. The van der Waals surface area contributed by atoms with Crippen molar-refractivity contribution in [3.05, 3.63) is 85.0 Å². The second kappa shape index (κ2) is 6.98. The molecule has 0 aliphatic heterocycles. The van der Waals surface area contributed by atoms with Gasteiger partial charge < -0.3 is 9.88 Å². The van der Waals surface area contributed by atoms with Gasteiger partial charge in [-0.15, -0.1) is 0 Å². The Hall–Kier alpha value is -3.81. The van der Waals surface area contributed by atoms with Crippen LogP contribution in [0.1, 0.15) is 15.9 Å². The van der Waals surface area contributed by atoms with E-state index < -0.39 is 0 Å². The molecule has 0 unspecified atom stereocenters. The molecule has 26 heavy (non-hydrogen) atoms. The Balaban J connectivity index is 1.47. The second-order valence-electron chi connectivity index (χ2n) is 5.61. The first-order valence-corrected chi connectivity index (χ1v) is 7.96. The number of benzene rings is 1. The van der Waals surface area contributed by atoms with E-state index in [1.54, 1.807) is 49.4 Å². The summed E-state index contributed by atoms with van der Waals surface area (Å²) in [5, 5.41) is 7.00. The van der Waals surface area contributed by atoms with E-state index in [-0.39, 0.29) is 5.91 Å². The molecule has 3 aromatic heterocycles. The molecular formula is C18H15N7O. The molecule has 4 rings (SSSR count). The van der Waals surface area contributed by atoms with Crippen LogP contribution in [0.4, 0.5) is 5.69 Å². The summed E-state index contributed by atoms with van der Waals surface area (Å²) in [6.45, 7) is 0.657. The largest absolute Gasteiger partial charge is 0.333 e. The zero-order valence-electron chi connectivity index (χ0n) is 13.7. The minimum atomic E-state index is -0.203. The van der Waals surface area contributed by atoms with E-state index in [0.717, 1.165) is 5.56 Å². The van der Waals surface area contributed by atoms with Crippen molar-refractivity contribution in [2.75, 3.05) is 5.32 Å². The lowest BCUT2D eigenvalue weighted by molar-refractivity contribution is 0.102. The number of imidazole rings is 1. The van der Waals surface area contributed by atoms with Crippen molar-refractivity contribution in [3.63, 3.8) is 0 Å². The number of hydrogen-bond acceptors (Lipinski definition) is 5. The average molecular weight is 345 g/mol. The fourth-order valence-electron chi connectivity index (χ4n) is 2.51. The summed E-state index contributed by atoms with van der Waals surface area (Å²) < 4.78 is 3.45. The molecule has 1 amide bonds. The van der Waals surface area contributed by atoms with Crippen LogP contribution in [0.25, 0.3) is 5.95 Å². The van der Waals surface area contributed by atoms with Gasteiger partial charge in [0.15, 0.2) is 0 Å². The molecule has 128 valence electrons. The molecule has 0 aliphatic rings. The van der Waals surface area contributed by atoms with Crippen LogP contribution in [0, 0.1) is 0 Å². The minimum absolute atomic E-state index is 0.203. The first-order chi connectivity index (χ1) is 12.8. The summed E-state index contributed by atoms with van der Waals surface area (Å²) in [5.41, 5.74) is 2.16. The maximum Gasteiger partial charge on any atom is 0.255 e. The van der Waals surface area contributed by atoms with Crippen molar-refractivity contribution in [3.8, 4) is 5.95 Å². The van der Waals surface area contributed by atoms with Gasteiger partial charge in [0.2, 0.25) is 5.95 Å². The van der Waals surface area contributed by atoms with E-state index in [1.165, 1.54) is 4.68 Å². The number of carbonyl (C=O) groups excluding carboxylic acids is 1. The standard InChI is InChI=1S/C18H15N7O/c26-17(15-4-1-3-14(9-15)11-24-8-7-19-13-24)23-16-10-22-25(12-16)18-20-5-2-6-21-18/h1-10,12-13H,11H2,(H,23,26). The lowest BCUT2D eigenvalue weighted by atomic mass is 10.1. The Bertz CT molecular complexity index is 1010. The molecule has 1 aromatic carbocycles. The van der Waals surface area contributed by atoms with Gasteiger partial charge in [0, 0.05) is 36.9 Å². The van der Waals surface area contributed by atoms with Crippen molar-refractivity contribution in [1.82, 2.24) is 29.3 Å². The zero-order valence-corrected chi connectivity index (χ0v) is 13.7. The molecule has 0 atom stereocenters. The summed E-state index contributed by atoms with van der Waals surface area (Å²) in [4.78, 5) is 24.8. The van der Waals surface area contributed by atoms with E-state index in [2.05, 4.69) is 25.4 Å². The van der Waals surface area contributed by atoms with Gasteiger partial charge >= 0.3 is 0 Å². The molecule has 0 fully saturated rings. The highest BCUT2D eigenvalue weighted by molar-refractivity contribution is 6.04. The SMILES string of the molecule is O=C(Nc1cnn(-c2ncccn2)c1)c1cccc(Cn2ccnc2)c1. The highest BCUT2D eigenvalue weighted by atomic mass is 16.1. The maximum atomic E-state index is 12.5. The lowest BCUT2D eigenvalue weighted by Gasteiger charge is -2.06. The third-order valence-corrected chi connectivity index (χ3v) is 3.71. The Morgan fingerprint density at radius 3 is 2.81 bits per heavy atom. The Morgan fingerprint density at radius 2 is 2.00 bits per heavy atom. The summed E-state index contributed by atoms with van der Waals surface area (Å²) in [5.74, 6) is 0.237. The first-order valence-electron chi connectivity index (χ1n) is 7.96. The highest BCUT2D eigenvalue weighted by Crippen LogP contribution is 2.12. The van der Waals surface area contributed by atoms with E-state index in [9.17, 15) is 4.79 Å². The number of hydrogen-bond donors (Lipinski definition) is 1. The molecule has 8 nitrogen and oxygen atoms in total. The molecule has 8 heteroatoms. The number of nitrogens with zero attached hydrogens (tertiary/aromatic N) is 6. The second-order valence-corrected chi connectivity index (χ2v) is 5.61. The predicted octanol–water partition coefficient (Wildman–Crippen LogP) is 2.16. The molecular weight excluding hydrogens is 330 g/mol. The molecule has 0 saturated heterocycles. The Labute approximate surface area is 149 Å². The van der Waals surface area contributed by atoms with Crippen molar-refractivity contribution in [2.24, 2.45) is 0 Å². The van der Waals surface area contributed by atoms with Gasteiger partial charge in [-0.3, -0.25) is 4.79 Å². The van der Waals surface area contributed by atoms with Crippen LogP contribution in [-0.4, -0.2) is 35.2 Å². The van der Waals surface area contributed by atoms with Gasteiger partial charge in [-0.05, 0) is 23.8 Å². The number of aromatic nitrogens is 6. The molecule has 0 radical (unpaired) electrons. The Kier molecular flexibility index (Phi) is 4.21. The van der Waals surface area contributed by atoms with Crippen LogP contribution in [0.5, 0.6) is 0 Å². The van der Waals surface area contributed by atoms with Gasteiger partial charge in [0.1, 0.15) is 0 Å². The van der Waals surface area contributed by atoms with Crippen LogP contribution in [-0.2, 0) is 6.54 Å². The lowest BCUT2D eigenvalue weighted by Crippen LogP contribution is -2.12. The molecule has 0 bridgehead atoms. The fourth-order valence-corrected chi connectivity index (χ4v) is 2.51. The smallest absolute Gasteiger partial charge is 0.255 e. The van der Waals surface area contributed by atoms with Gasteiger partial charge in [0.25, 0.3) is 5.91 Å². The quantitative estimate of drug-likeness (QED) is 0.598. The molecule has 1 N–H and O–H groups in total. The highest BCUT2D eigenvalue weighted by Gasteiger charge is 2.09. The van der Waals surface area contributed by atoms with Crippen LogP contribution in [0.15, 0.2) is 73.8 Å². The molecule has 0 aliphatic carbocycles. The average Bonchev–Trinajstić information content (AvgIpc) is 3.35. The number of carbonyl (C=O) groups is 1. The summed E-state index contributed by atoms with van der Waals surface area (Å²) >= 11 is 0. The van der Waals surface area contributed by atoms with Crippen molar-refractivity contribution >= 4 is 11.6 Å². The maximum absolute atomic E-state index is 12.5. The Morgan fingerprint density at radius 1 is 1.12 bits per heavy atom. The summed E-state index contributed by atoms with van der Waals surface area (Å²) in [7, 11) is 0. The van der Waals surface area contributed by atoms with E-state index >= 15 is 0 Å². The first kappa shape index (κ1) is 15.7. The molecule has 3 heterocycles. The topological polar surface area (TPSA) is 90.5 Å². The third kappa shape index (κ3) is 3.48. The monoisotopic (exact) mass is 345 g/mol. The predicted molar refractivity (Wildman–Crippen MR) is 94.9 cm³/mol. The normalized spacial score (nSPS) is 10.6.